The molecule has 0 aliphatic heterocycles. The van der Waals surface area contributed by atoms with Gasteiger partial charge in [0.2, 0.25) is 11.8 Å². The maximum Gasteiger partial charge on any atom is 0.239 e. The third-order valence-electron chi connectivity index (χ3n) is 4.82. The first-order valence-electron chi connectivity index (χ1n) is 9.26. The molecule has 0 spiro atoms. The fraction of sp³-hybridized carbons (Fsp3) is 0.579. The van der Waals surface area contributed by atoms with Crippen LogP contribution in [-0.4, -0.2) is 39.2 Å². The molecule has 0 unspecified atom stereocenters. The number of nitrogens with one attached hydrogen (secondary N) is 2. The molecule has 2 aromatic heterocycles. The number of hydrogen-bond donors (Lipinski definition) is 2. The fourth-order valence-electron chi connectivity index (χ4n) is 3.15. The number of rotatable bonds is 7. The molecule has 0 radical (unpaired) electrons. The van der Waals surface area contributed by atoms with Crippen LogP contribution in [0.5, 0.6) is 0 Å². The van der Waals surface area contributed by atoms with Crippen LogP contribution in [0.1, 0.15) is 56.0 Å². The van der Waals surface area contributed by atoms with Crippen LogP contribution >= 0.6 is 0 Å². The van der Waals surface area contributed by atoms with E-state index < -0.39 is 0 Å². The number of aromatic nitrogens is 3. The van der Waals surface area contributed by atoms with E-state index in [9.17, 15) is 9.59 Å². The lowest BCUT2D eigenvalue weighted by Gasteiger charge is -2.12. The molecule has 2 heterocycles. The number of hydrogen-bond acceptors (Lipinski definition) is 4. The van der Waals surface area contributed by atoms with Gasteiger partial charge in [0.1, 0.15) is 0 Å². The zero-order chi connectivity index (χ0) is 18.8. The van der Waals surface area contributed by atoms with E-state index in [1.54, 1.807) is 0 Å². The summed E-state index contributed by atoms with van der Waals surface area (Å²) in [7, 11) is 0. The zero-order valence-corrected chi connectivity index (χ0v) is 15.9. The summed E-state index contributed by atoms with van der Waals surface area (Å²) in [5.41, 5.74) is 4.02. The Balaban J connectivity index is 1.63. The lowest BCUT2D eigenvalue weighted by atomic mass is 10.0. The number of nitrogens with zero attached hydrogens (tertiary/aromatic N) is 3. The Bertz CT molecular complexity index is 836. The van der Waals surface area contributed by atoms with Gasteiger partial charge >= 0.3 is 0 Å². The van der Waals surface area contributed by atoms with Gasteiger partial charge in [-0.1, -0.05) is 0 Å². The Morgan fingerprint density at radius 1 is 1.27 bits per heavy atom. The highest BCUT2D eigenvalue weighted by atomic mass is 16.2. The summed E-state index contributed by atoms with van der Waals surface area (Å²) in [6.45, 7) is 8.23. The third-order valence-corrected chi connectivity index (χ3v) is 4.82. The van der Waals surface area contributed by atoms with Gasteiger partial charge in [0.25, 0.3) is 0 Å². The minimum Gasteiger partial charge on any atom is -0.352 e. The molecule has 7 heteroatoms. The van der Waals surface area contributed by atoms with Crippen LogP contribution in [0.15, 0.2) is 6.20 Å². The Kier molecular flexibility index (Phi) is 5.25. The van der Waals surface area contributed by atoms with E-state index >= 15 is 0 Å². The van der Waals surface area contributed by atoms with Crippen LogP contribution in [0.4, 0.5) is 0 Å². The monoisotopic (exact) mass is 357 g/mol. The van der Waals surface area contributed by atoms with Gasteiger partial charge < -0.3 is 10.6 Å². The Hall–Kier alpha value is -2.44. The summed E-state index contributed by atoms with van der Waals surface area (Å²) in [4.78, 5) is 28.4. The van der Waals surface area contributed by atoms with Gasteiger partial charge in [-0.05, 0) is 58.1 Å². The minimum absolute atomic E-state index is 0.0474. The minimum atomic E-state index is -0.118. The maximum atomic E-state index is 12.1. The summed E-state index contributed by atoms with van der Waals surface area (Å²) in [6, 6.07) is 0.562. The number of carbonyl (C=O) groups excluding carboxylic acids is 2. The lowest BCUT2D eigenvalue weighted by molar-refractivity contribution is -0.126. The molecule has 1 fully saturated rings. The fourth-order valence-corrected chi connectivity index (χ4v) is 3.15. The van der Waals surface area contributed by atoms with Crippen molar-refractivity contribution < 1.29 is 9.59 Å². The summed E-state index contributed by atoms with van der Waals surface area (Å²) >= 11 is 0. The largest absolute Gasteiger partial charge is 0.352 e. The Morgan fingerprint density at radius 2 is 2.00 bits per heavy atom. The quantitative estimate of drug-likeness (QED) is 0.793. The van der Waals surface area contributed by atoms with E-state index in [0.29, 0.717) is 18.9 Å². The number of amides is 2. The molecular weight excluding hydrogens is 330 g/mol. The van der Waals surface area contributed by atoms with Gasteiger partial charge in [0.15, 0.2) is 5.65 Å². The highest BCUT2D eigenvalue weighted by Gasteiger charge is 2.23. The van der Waals surface area contributed by atoms with Gasteiger partial charge in [-0.25, -0.2) is 9.67 Å². The van der Waals surface area contributed by atoms with Gasteiger partial charge in [-0.2, -0.15) is 5.10 Å². The molecule has 0 aromatic carbocycles. The van der Waals surface area contributed by atoms with Crippen molar-refractivity contribution in [2.75, 3.05) is 6.54 Å². The van der Waals surface area contributed by atoms with E-state index in [1.165, 1.54) is 0 Å². The van der Waals surface area contributed by atoms with Crippen LogP contribution in [0, 0.1) is 13.8 Å². The van der Waals surface area contributed by atoms with E-state index in [0.717, 1.165) is 40.7 Å². The third kappa shape index (κ3) is 4.03. The molecule has 0 atom stereocenters. The summed E-state index contributed by atoms with van der Waals surface area (Å²) in [5.74, 6) is -0.231. The number of pyridine rings is 1. The molecule has 2 aromatic rings. The lowest BCUT2D eigenvalue weighted by Crippen LogP contribution is -2.37. The second kappa shape index (κ2) is 7.43. The SMILES string of the molecule is Cc1nc2c(cnn2C(C)C)c(C)c1CCC(=O)NCC(=O)NC1CC1. The highest BCUT2D eigenvalue weighted by molar-refractivity contribution is 5.85. The average Bonchev–Trinajstić information content (AvgIpc) is 3.28. The first-order chi connectivity index (χ1) is 12.4. The van der Waals surface area contributed by atoms with E-state index in [2.05, 4.69) is 36.5 Å². The molecule has 0 bridgehead atoms. The van der Waals surface area contributed by atoms with Crippen LogP contribution in [0.25, 0.3) is 11.0 Å². The topological polar surface area (TPSA) is 88.9 Å². The van der Waals surface area contributed by atoms with Crippen molar-refractivity contribution in [3.63, 3.8) is 0 Å². The summed E-state index contributed by atoms with van der Waals surface area (Å²) in [6.07, 6.45) is 4.87. The molecule has 1 aliphatic carbocycles. The molecule has 1 saturated carbocycles. The van der Waals surface area contributed by atoms with Crippen molar-refractivity contribution in [3.05, 3.63) is 23.0 Å². The molecule has 26 heavy (non-hydrogen) atoms. The summed E-state index contributed by atoms with van der Waals surface area (Å²) in [5, 5.41) is 11.0. The van der Waals surface area contributed by atoms with Crippen molar-refractivity contribution in [2.24, 2.45) is 0 Å². The van der Waals surface area contributed by atoms with Crippen molar-refractivity contribution in [1.29, 1.82) is 0 Å². The molecule has 140 valence electrons. The second-order valence-electron chi connectivity index (χ2n) is 7.34. The first kappa shape index (κ1) is 18.4. The number of aryl methyl sites for hydroxylation is 2. The molecule has 3 rings (SSSR count). The van der Waals surface area contributed by atoms with Gasteiger partial charge in [0, 0.05) is 29.6 Å². The van der Waals surface area contributed by atoms with E-state index in [-0.39, 0.29) is 24.4 Å². The van der Waals surface area contributed by atoms with Crippen LogP contribution in [0.2, 0.25) is 0 Å². The van der Waals surface area contributed by atoms with Crippen LogP contribution in [-0.2, 0) is 16.0 Å². The second-order valence-corrected chi connectivity index (χ2v) is 7.34. The Morgan fingerprint density at radius 3 is 2.65 bits per heavy atom. The van der Waals surface area contributed by atoms with Crippen molar-refractivity contribution >= 4 is 22.8 Å². The highest BCUT2D eigenvalue weighted by Crippen LogP contribution is 2.25. The number of fused-ring (bicyclic) bond motifs is 1. The first-order valence-corrected chi connectivity index (χ1v) is 9.26. The average molecular weight is 357 g/mol. The smallest absolute Gasteiger partial charge is 0.239 e. The van der Waals surface area contributed by atoms with E-state index in [1.807, 2.05) is 17.8 Å². The van der Waals surface area contributed by atoms with Crippen LogP contribution < -0.4 is 10.6 Å². The van der Waals surface area contributed by atoms with Crippen molar-refractivity contribution in [3.8, 4) is 0 Å². The Labute approximate surface area is 153 Å². The molecule has 2 amide bonds. The normalized spacial score (nSPS) is 14.0. The standard InChI is InChI=1S/C19H27N5O2/c1-11(2)24-19-16(9-21-24)12(3)15(13(4)22-19)7-8-17(25)20-10-18(26)23-14-5-6-14/h9,11,14H,5-8,10H2,1-4H3,(H,20,25)(H,23,26). The molecule has 1 aliphatic rings. The molecule has 0 saturated heterocycles. The van der Waals surface area contributed by atoms with Crippen molar-refractivity contribution in [2.45, 2.75) is 65.5 Å². The zero-order valence-electron chi connectivity index (χ0n) is 15.9. The van der Waals surface area contributed by atoms with Crippen LogP contribution in [0.3, 0.4) is 0 Å². The molecule has 7 nitrogen and oxygen atoms in total. The van der Waals surface area contributed by atoms with Gasteiger partial charge in [0.05, 0.1) is 12.7 Å². The van der Waals surface area contributed by atoms with Gasteiger partial charge in [-0.15, -0.1) is 0 Å². The predicted octanol–water partition coefficient (Wildman–Crippen LogP) is 1.96. The van der Waals surface area contributed by atoms with E-state index in [4.69, 9.17) is 4.98 Å². The number of carbonyl (C=O) groups is 2. The maximum absolute atomic E-state index is 12.1. The predicted molar refractivity (Wildman–Crippen MR) is 99.9 cm³/mol. The summed E-state index contributed by atoms with van der Waals surface area (Å²) < 4.78 is 1.92. The molecule has 2 N–H and O–H groups in total. The van der Waals surface area contributed by atoms with Crippen molar-refractivity contribution in [1.82, 2.24) is 25.4 Å². The molecular formula is C19H27N5O2. The van der Waals surface area contributed by atoms with Gasteiger partial charge in [-0.3, -0.25) is 9.59 Å².